The van der Waals surface area contributed by atoms with Crippen LogP contribution < -0.4 is 0 Å². The van der Waals surface area contributed by atoms with Gasteiger partial charge in [0, 0.05) is 13.6 Å². The van der Waals surface area contributed by atoms with Crippen molar-refractivity contribution in [1.82, 2.24) is 14.7 Å². The van der Waals surface area contributed by atoms with Crippen LogP contribution in [-0.4, -0.2) is 41.4 Å². The Balaban J connectivity index is 2.74. The summed E-state index contributed by atoms with van der Waals surface area (Å²) in [7, 11) is 5.18. The van der Waals surface area contributed by atoms with Gasteiger partial charge in [-0.2, -0.15) is 5.10 Å². The molecule has 1 aromatic heterocycles. The molecular weight excluding hydrogens is 286 g/mol. The van der Waals surface area contributed by atoms with E-state index in [-0.39, 0.29) is 12.5 Å². The summed E-state index contributed by atoms with van der Waals surface area (Å²) in [5.41, 5.74) is 2.10. The Hall–Kier alpha value is -0.880. The third kappa shape index (κ3) is 3.54. The summed E-state index contributed by atoms with van der Waals surface area (Å²) >= 11 is 3.55. The third-order valence-electron chi connectivity index (χ3n) is 2.55. The number of likely N-dealkylation sites (N-methyl/N-ethyl adjacent to an activating group) is 1. The van der Waals surface area contributed by atoms with Gasteiger partial charge in [-0.05, 0) is 29.4 Å². The van der Waals surface area contributed by atoms with E-state index in [4.69, 9.17) is 0 Å². The van der Waals surface area contributed by atoms with Crippen LogP contribution in [0.25, 0.3) is 0 Å². The molecule has 0 aliphatic heterocycles. The van der Waals surface area contributed by atoms with Gasteiger partial charge in [0.25, 0.3) is 0 Å². The van der Waals surface area contributed by atoms with Gasteiger partial charge in [0.15, 0.2) is 0 Å². The first-order chi connectivity index (χ1) is 7.99. The number of carbonyl (C=O) groups excluding carboxylic acids is 1. The highest BCUT2D eigenvalue weighted by molar-refractivity contribution is 9.10. The zero-order chi connectivity index (χ0) is 13.0. The number of aromatic nitrogens is 2. The van der Waals surface area contributed by atoms with E-state index in [1.54, 1.807) is 0 Å². The lowest BCUT2D eigenvalue weighted by atomic mass is 10.3. The number of rotatable bonds is 5. The predicted molar refractivity (Wildman–Crippen MR) is 68.6 cm³/mol. The maximum atomic E-state index is 11.1. The second kappa shape index (κ2) is 6.16. The second-order valence-electron chi connectivity index (χ2n) is 3.93. The zero-order valence-electron chi connectivity index (χ0n) is 10.7. The molecule has 1 heterocycles. The van der Waals surface area contributed by atoms with Crippen molar-refractivity contribution >= 4 is 21.9 Å². The van der Waals surface area contributed by atoms with Gasteiger partial charge in [-0.3, -0.25) is 14.4 Å². The minimum Gasteiger partial charge on any atom is -0.468 e. The van der Waals surface area contributed by atoms with E-state index in [1.807, 2.05) is 23.7 Å². The summed E-state index contributed by atoms with van der Waals surface area (Å²) < 4.78 is 7.50. The van der Waals surface area contributed by atoms with E-state index < -0.39 is 0 Å². The van der Waals surface area contributed by atoms with Crippen molar-refractivity contribution in [3.63, 3.8) is 0 Å². The minimum atomic E-state index is -0.235. The average Bonchev–Trinajstić information content (AvgIpc) is 2.56. The Bertz CT molecular complexity index is 404. The number of aryl methyl sites for hydroxylation is 2. The van der Waals surface area contributed by atoms with Crippen LogP contribution in [0.2, 0.25) is 0 Å². The Morgan fingerprint density at radius 2 is 2.24 bits per heavy atom. The zero-order valence-corrected chi connectivity index (χ0v) is 12.2. The monoisotopic (exact) mass is 303 g/mol. The first-order valence-corrected chi connectivity index (χ1v) is 6.24. The Morgan fingerprint density at radius 3 is 2.71 bits per heavy atom. The van der Waals surface area contributed by atoms with Gasteiger partial charge in [-0.15, -0.1) is 0 Å². The SMILES string of the molecule is CCc1nn(C)c(CN(C)CC(=O)OC)c1Br. The summed E-state index contributed by atoms with van der Waals surface area (Å²) in [6.07, 6.45) is 0.884. The van der Waals surface area contributed by atoms with Crippen LogP contribution >= 0.6 is 15.9 Å². The van der Waals surface area contributed by atoms with Crippen LogP contribution in [0, 0.1) is 0 Å². The van der Waals surface area contributed by atoms with Crippen LogP contribution in [-0.2, 0) is 29.5 Å². The number of hydrogen-bond donors (Lipinski definition) is 0. The number of esters is 1. The maximum absolute atomic E-state index is 11.1. The quantitative estimate of drug-likeness (QED) is 0.771. The van der Waals surface area contributed by atoms with E-state index in [0.717, 1.165) is 22.3 Å². The smallest absolute Gasteiger partial charge is 0.319 e. The maximum Gasteiger partial charge on any atom is 0.319 e. The van der Waals surface area contributed by atoms with Gasteiger partial charge in [-0.25, -0.2) is 0 Å². The summed E-state index contributed by atoms with van der Waals surface area (Å²) in [5.74, 6) is -0.235. The number of nitrogens with zero attached hydrogens (tertiary/aromatic N) is 3. The molecule has 0 bridgehead atoms. The molecule has 0 aromatic carbocycles. The van der Waals surface area contributed by atoms with E-state index in [2.05, 4.69) is 32.7 Å². The van der Waals surface area contributed by atoms with Gasteiger partial charge in [0.05, 0.1) is 29.5 Å². The molecule has 0 saturated heterocycles. The molecule has 17 heavy (non-hydrogen) atoms. The highest BCUT2D eigenvalue weighted by atomic mass is 79.9. The first kappa shape index (κ1) is 14.2. The normalized spacial score (nSPS) is 10.9. The molecule has 0 saturated carbocycles. The molecular formula is C11H18BrN3O2. The van der Waals surface area contributed by atoms with Crippen molar-refractivity contribution in [2.75, 3.05) is 20.7 Å². The third-order valence-corrected chi connectivity index (χ3v) is 3.46. The molecule has 0 amide bonds. The Morgan fingerprint density at radius 1 is 1.59 bits per heavy atom. The second-order valence-corrected chi connectivity index (χ2v) is 4.73. The molecule has 96 valence electrons. The fraction of sp³-hybridized carbons (Fsp3) is 0.636. The van der Waals surface area contributed by atoms with Crippen molar-refractivity contribution in [2.24, 2.45) is 7.05 Å². The van der Waals surface area contributed by atoms with Crippen molar-refractivity contribution in [3.05, 3.63) is 15.9 Å². The van der Waals surface area contributed by atoms with Gasteiger partial charge in [-0.1, -0.05) is 6.92 Å². The number of halogens is 1. The predicted octanol–water partition coefficient (Wildman–Crippen LogP) is 1.35. The van der Waals surface area contributed by atoms with E-state index in [9.17, 15) is 4.79 Å². The molecule has 0 aliphatic rings. The average molecular weight is 304 g/mol. The molecule has 1 rings (SSSR count). The van der Waals surface area contributed by atoms with Crippen molar-refractivity contribution < 1.29 is 9.53 Å². The van der Waals surface area contributed by atoms with Gasteiger partial charge in [0.1, 0.15) is 0 Å². The molecule has 0 radical (unpaired) electrons. The van der Waals surface area contributed by atoms with Crippen LogP contribution in [0.5, 0.6) is 0 Å². The van der Waals surface area contributed by atoms with Crippen LogP contribution in [0.15, 0.2) is 4.47 Å². The summed E-state index contributed by atoms with van der Waals surface area (Å²) in [6.45, 7) is 2.99. The Labute approximate surface area is 110 Å². The highest BCUT2D eigenvalue weighted by Gasteiger charge is 2.15. The lowest BCUT2D eigenvalue weighted by Gasteiger charge is -2.15. The molecule has 0 aliphatic carbocycles. The van der Waals surface area contributed by atoms with Gasteiger partial charge < -0.3 is 4.74 Å². The van der Waals surface area contributed by atoms with E-state index in [0.29, 0.717) is 6.54 Å². The molecule has 5 nitrogen and oxygen atoms in total. The molecule has 0 fully saturated rings. The molecule has 0 spiro atoms. The molecule has 0 N–H and O–H groups in total. The lowest BCUT2D eigenvalue weighted by Crippen LogP contribution is -2.27. The molecule has 0 unspecified atom stereocenters. The topological polar surface area (TPSA) is 47.4 Å². The lowest BCUT2D eigenvalue weighted by molar-refractivity contribution is -0.141. The van der Waals surface area contributed by atoms with E-state index in [1.165, 1.54) is 7.11 Å². The fourth-order valence-electron chi connectivity index (χ4n) is 1.59. The summed E-state index contributed by atoms with van der Waals surface area (Å²) in [6, 6.07) is 0. The largest absolute Gasteiger partial charge is 0.468 e. The first-order valence-electron chi connectivity index (χ1n) is 5.45. The number of methoxy groups -OCH3 is 1. The Kier molecular flexibility index (Phi) is 5.14. The molecule has 0 atom stereocenters. The van der Waals surface area contributed by atoms with Crippen molar-refractivity contribution in [1.29, 1.82) is 0 Å². The summed E-state index contributed by atoms with van der Waals surface area (Å²) in [4.78, 5) is 13.0. The van der Waals surface area contributed by atoms with Gasteiger partial charge in [0.2, 0.25) is 0 Å². The fourth-order valence-corrected chi connectivity index (χ4v) is 2.33. The number of ether oxygens (including phenoxy) is 1. The van der Waals surface area contributed by atoms with Crippen LogP contribution in [0.3, 0.4) is 0 Å². The molecule has 6 heteroatoms. The van der Waals surface area contributed by atoms with Crippen molar-refractivity contribution in [2.45, 2.75) is 19.9 Å². The number of hydrogen-bond acceptors (Lipinski definition) is 4. The standard InChI is InChI=1S/C11H18BrN3O2/c1-5-8-11(12)9(15(3)13-8)6-14(2)7-10(16)17-4/h5-7H2,1-4H3. The van der Waals surface area contributed by atoms with Crippen LogP contribution in [0.1, 0.15) is 18.3 Å². The minimum absolute atomic E-state index is 0.235. The molecule has 1 aromatic rings. The van der Waals surface area contributed by atoms with Crippen LogP contribution in [0.4, 0.5) is 0 Å². The summed E-state index contributed by atoms with van der Waals surface area (Å²) in [5, 5.41) is 4.41. The highest BCUT2D eigenvalue weighted by Crippen LogP contribution is 2.22. The van der Waals surface area contributed by atoms with E-state index >= 15 is 0 Å². The van der Waals surface area contributed by atoms with Crippen molar-refractivity contribution in [3.8, 4) is 0 Å². The number of carbonyl (C=O) groups is 1. The van der Waals surface area contributed by atoms with Gasteiger partial charge >= 0.3 is 5.97 Å².